The molecule has 4 rings (SSSR count). The predicted molar refractivity (Wildman–Crippen MR) is 145 cm³/mol. The maximum atomic E-state index is 10.6. The summed E-state index contributed by atoms with van der Waals surface area (Å²) >= 11 is 0. The third-order valence-electron chi connectivity index (χ3n) is 4.57. The fourth-order valence-electron chi connectivity index (χ4n) is 3.15. The van der Waals surface area contributed by atoms with Gasteiger partial charge in [0.1, 0.15) is 0 Å². The van der Waals surface area contributed by atoms with E-state index in [1.807, 2.05) is 88.4 Å². The van der Waals surface area contributed by atoms with Gasteiger partial charge < -0.3 is 5.73 Å². The SMILES string of the molecule is CC.CC.Nc1cccc(Cc2ccccc2)c1.O=[N+]([O-])c1cccc(Cc2ccccc2)c1. The maximum absolute atomic E-state index is 10.6. The number of nitro groups is 1. The van der Waals surface area contributed by atoms with Crippen LogP contribution in [0, 0.1) is 10.1 Å². The van der Waals surface area contributed by atoms with Crippen LogP contribution in [0.15, 0.2) is 109 Å². The molecule has 34 heavy (non-hydrogen) atoms. The summed E-state index contributed by atoms with van der Waals surface area (Å²) in [6, 6.07) is 35.1. The minimum atomic E-state index is -0.367. The number of nitrogen functional groups attached to an aromatic ring is 1. The molecule has 0 amide bonds. The summed E-state index contributed by atoms with van der Waals surface area (Å²) in [7, 11) is 0. The third-order valence-corrected chi connectivity index (χ3v) is 4.57. The van der Waals surface area contributed by atoms with Gasteiger partial charge in [0.15, 0.2) is 0 Å². The van der Waals surface area contributed by atoms with Gasteiger partial charge >= 0.3 is 0 Å². The highest BCUT2D eigenvalue weighted by atomic mass is 16.6. The Morgan fingerprint density at radius 1 is 0.588 bits per heavy atom. The van der Waals surface area contributed by atoms with Crippen LogP contribution >= 0.6 is 0 Å². The van der Waals surface area contributed by atoms with Crippen LogP contribution in [0.5, 0.6) is 0 Å². The van der Waals surface area contributed by atoms with E-state index in [1.165, 1.54) is 17.2 Å². The van der Waals surface area contributed by atoms with E-state index in [-0.39, 0.29) is 10.6 Å². The van der Waals surface area contributed by atoms with Crippen molar-refractivity contribution in [3.8, 4) is 0 Å². The van der Waals surface area contributed by atoms with Crippen molar-refractivity contribution >= 4 is 11.4 Å². The standard InChI is InChI=1S/C13H11NO2.C13H13N.2C2H6/c15-14(16)13-8-4-7-12(10-13)9-11-5-2-1-3-6-11;14-13-8-4-7-12(10-13)9-11-5-2-1-3-6-11;2*1-2/h1-8,10H,9H2;1-8,10H,9,14H2;2*1-2H3. The Labute approximate surface area is 204 Å². The fourth-order valence-corrected chi connectivity index (χ4v) is 3.15. The van der Waals surface area contributed by atoms with E-state index in [4.69, 9.17) is 5.73 Å². The molecule has 0 spiro atoms. The van der Waals surface area contributed by atoms with Crippen LogP contribution in [0.1, 0.15) is 49.9 Å². The van der Waals surface area contributed by atoms with Crippen LogP contribution in [0.2, 0.25) is 0 Å². The molecule has 0 aromatic heterocycles. The van der Waals surface area contributed by atoms with Crippen LogP contribution in [0.3, 0.4) is 0 Å². The lowest BCUT2D eigenvalue weighted by atomic mass is 10.0. The number of non-ortho nitro benzene ring substituents is 1. The van der Waals surface area contributed by atoms with Crippen molar-refractivity contribution < 1.29 is 4.92 Å². The number of hydrogen-bond donors (Lipinski definition) is 1. The van der Waals surface area contributed by atoms with Crippen LogP contribution in [-0.2, 0) is 12.8 Å². The van der Waals surface area contributed by atoms with Crippen LogP contribution in [0.25, 0.3) is 0 Å². The van der Waals surface area contributed by atoms with E-state index in [0.717, 1.165) is 29.7 Å². The molecule has 0 heterocycles. The molecule has 2 N–H and O–H groups in total. The number of nitrogens with two attached hydrogens (primary N) is 1. The minimum Gasteiger partial charge on any atom is -0.399 e. The van der Waals surface area contributed by atoms with Crippen molar-refractivity contribution in [2.75, 3.05) is 5.73 Å². The molecule has 0 aliphatic carbocycles. The smallest absolute Gasteiger partial charge is 0.269 e. The van der Waals surface area contributed by atoms with Crippen molar-refractivity contribution in [3.63, 3.8) is 0 Å². The van der Waals surface area contributed by atoms with Gasteiger partial charge in [-0.3, -0.25) is 10.1 Å². The second-order valence-corrected chi connectivity index (χ2v) is 7.00. The third kappa shape index (κ3) is 10.6. The normalized spacial score (nSPS) is 9.18. The number of nitrogens with zero attached hydrogens (tertiary/aromatic N) is 1. The van der Waals surface area contributed by atoms with E-state index in [2.05, 4.69) is 30.3 Å². The maximum Gasteiger partial charge on any atom is 0.269 e. The zero-order chi connectivity index (χ0) is 25.2. The largest absolute Gasteiger partial charge is 0.399 e. The second-order valence-electron chi connectivity index (χ2n) is 7.00. The Morgan fingerprint density at radius 2 is 1.00 bits per heavy atom. The summed E-state index contributed by atoms with van der Waals surface area (Å²) in [6.07, 6.45) is 1.67. The molecule has 0 bridgehead atoms. The van der Waals surface area contributed by atoms with Crippen molar-refractivity contribution in [1.29, 1.82) is 0 Å². The van der Waals surface area contributed by atoms with Crippen LogP contribution < -0.4 is 5.73 Å². The highest BCUT2D eigenvalue weighted by Crippen LogP contribution is 2.16. The van der Waals surface area contributed by atoms with Gasteiger partial charge in [-0.1, -0.05) is 113 Å². The van der Waals surface area contributed by atoms with Gasteiger partial charge in [-0.15, -0.1) is 0 Å². The zero-order valence-corrected chi connectivity index (χ0v) is 20.6. The number of benzene rings is 4. The molecule has 0 fully saturated rings. The molecule has 0 saturated heterocycles. The lowest BCUT2D eigenvalue weighted by Gasteiger charge is -2.02. The van der Waals surface area contributed by atoms with Crippen molar-refractivity contribution in [3.05, 3.63) is 142 Å². The van der Waals surface area contributed by atoms with Gasteiger partial charge in [0, 0.05) is 17.8 Å². The number of anilines is 1. The zero-order valence-electron chi connectivity index (χ0n) is 20.6. The Hall–Kier alpha value is -3.92. The van der Waals surface area contributed by atoms with E-state index in [9.17, 15) is 10.1 Å². The molecule has 4 aromatic rings. The van der Waals surface area contributed by atoms with E-state index < -0.39 is 0 Å². The molecule has 4 aromatic carbocycles. The van der Waals surface area contributed by atoms with Gasteiger partial charge in [-0.05, 0) is 47.2 Å². The number of rotatable bonds is 5. The minimum absolute atomic E-state index is 0.147. The number of hydrogen-bond acceptors (Lipinski definition) is 3. The average Bonchev–Trinajstić information content (AvgIpc) is 2.88. The summed E-state index contributed by atoms with van der Waals surface area (Å²) in [4.78, 5) is 10.2. The highest BCUT2D eigenvalue weighted by Gasteiger charge is 2.05. The average molecular weight is 457 g/mol. The topological polar surface area (TPSA) is 69.2 Å². The molecule has 178 valence electrons. The van der Waals surface area contributed by atoms with Gasteiger partial charge in [0.05, 0.1) is 4.92 Å². The van der Waals surface area contributed by atoms with Gasteiger partial charge in [-0.2, -0.15) is 0 Å². The van der Waals surface area contributed by atoms with Crippen molar-refractivity contribution in [2.24, 2.45) is 0 Å². The molecule has 0 saturated carbocycles. The molecular formula is C30H36N2O2. The molecular weight excluding hydrogens is 420 g/mol. The summed E-state index contributed by atoms with van der Waals surface area (Å²) in [5, 5.41) is 10.6. The Bertz CT molecular complexity index is 1080. The summed E-state index contributed by atoms with van der Waals surface area (Å²) in [5.41, 5.74) is 11.4. The van der Waals surface area contributed by atoms with Crippen molar-refractivity contribution in [1.82, 2.24) is 0 Å². The lowest BCUT2D eigenvalue weighted by molar-refractivity contribution is -0.384. The van der Waals surface area contributed by atoms with Gasteiger partial charge in [-0.25, -0.2) is 0 Å². The first-order valence-electron chi connectivity index (χ1n) is 11.8. The Balaban J connectivity index is 0.000000299. The second kappa shape index (κ2) is 16.7. The van der Waals surface area contributed by atoms with Crippen molar-refractivity contribution in [2.45, 2.75) is 40.5 Å². The lowest BCUT2D eigenvalue weighted by Crippen LogP contribution is -1.91. The van der Waals surface area contributed by atoms with E-state index in [1.54, 1.807) is 12.1 Å². The van der Waals surface area contributed by atoms with E-state index in [0.29, 0.717) is 0 Å². The van der Waals surface area contributed by atoms with Crippen LogP contribution in [-0.4, -0.2) is 4.92 Å². The first-order chi connectivity index (χ1) is 16.6. The number of nitro benzene ring substituents is 1. The van der Waals surface area contributed by atoms with Gasteiger partial charge in [0.25, 0.3) is 5.69 Å². The molecule has 4 heteroatoms. The summed E-state index contributed by atoms with van der Waals surface area (Å²) in [5.74, 6) is 0. The Morgan fingerprint density at radius 3 is 1.44 bits per heavy atom. The monoisotopic (exact) mass is 456 g/mol. The first kappa shape index (κ1) is 28.1. The quantitative estimate of drug-likeness (QED) is 0.187. The summed E-state index contributed by atoms with van der Waals surface area (Å²) < 4.78 is 0. The van der Waals surface area contributed by atoms with Gasteiger partial charge in [0.2, 0.25) is 0 Å². The highest BCUT2D eigenvalue weighted by molar-refractivity contribution is 5.42. The molecule has 4 nitrogen and oxygen atoms in total. The Kier molecular flexibility index (Phi) is 13.8. The first-order valence-corrected chi connectivity index (χ1v) is 11.8. The molecule has 0 unspecified atom stereocenters. The summed E-state index contributed by atoms with van der Waals surface area (Å²) in [6.45, 7) is 8.00. The molecule has 0 aliphatic heterocycles. The fraction of sp³-hybridized carbons (Fsp3) is 0.200. The van der Waals surface area contributed by atoms with Crippen LogP contribution in [0.4, 0.5) is 11.4 Å². The molecule has 0 aliphatic rings. The molecule has 0 radical (unpaired) electrons. The van der Waals surface area contributed by atoms with E-state index >= 15 is 0 Å². The molecule has 0 atom stereocenters. The predicted octanol–water partition coefficient (Wildman–Crippen LogP) is 8.10.